The van der Waals surface area contributed by atoms with E-state index in [1.807, 2.05) is 6.07 Å². The summed E-state index contributed by atoms with van der Waals surface area (Å²) in [5, 5.41) is 3.56. The third-order valence-corrected chi connectivity index (χ3v) is 3.55. The number of ether oxygens (including phenoxy) is 1. The van der Waals surface area contributed by atoms with E-state index in [9.17, 15) is 0 Å². The number of hydrogen-bond donors (Lipinski definition) is 1. The maximum Gasteiger partial charge on any atom is 0.123 e. The van der Waals surface area contributed by atoms with Crippen molar-refractivity contribution >= 4 is 0 Å². The highest BCUT2D eigenvalue weighted by Crippen LogP contribution is 2.26. The Kier molecular flexibility index (Phi) is 6.93. The van der Waals surface area contributed by atoms with Gasteiger partial charge in [-0.15, -0.1) is 0 Å². The van der Waals surface area contributed by atoms with Crippen molar-refractivity contribution in [1.82, 2.24) is 5.32 Å². The molecule has 0 aliphatic rings. The van der Waals surface area contributed by atoms with E-state index in [0.717, 1.165) is 12.3 Å². The molecule has 1 aromatic carbocycles. The molecule has 0 bridgehead atoms. The first-order valence-corrected chi connectivity index (χ1v) is 7.57. The standard InChI is InChI=1S/C17H29NO/c1-6-15(7-2)18-12-14(5)19-17-11-9-8-10-16(17)13(3)4/h8-11,13-15,18H,6-7,12H2,1-5H3. The molecular weight excluding hydrogens is 234 g/mol. The minimum absolute atomic E-state index is 0.195. The molecule has 108 valence electrons. The molecule has 0 heterocycles. The van der Waals surface area contributed by atoms with E-state index >= 15 is 0 Å². The lowest BCUT2D eigenvalue weighted by atomic mass is 10.0. The van der Waals surface area contributed by atoms with Crippen LogP contribution < -0.4 is 10.1 Å². The van der Waals surface area contributed by atoms with Crippen molar-refractivity contribution in [3.63, 3.8) is 0 Å². The smallest absolute Gasteiger partial charge is 0.123 e. The van der Waals surface area contributed by atoms with Crippen LogP contribution in [0.3, 0.4) is 0 Å². The fourth-order valence-corrected chi connectivity index (χ4v) is 2.23. The Morgan fingerprint density at radius 1 is 1.05 bits per heavy atom. The molecule has 0 aromatic heterocycles. The molecule has 0 aliphatic carbocycles. The fraction of sp³-hybridized carbons (Fsp3) is 0.647. The first-order valence-electron chi connectivity index (χ1n) is 7.57. The van der Waals surface area contributed by atoms with Crippen molar-refractivity contribution in [2.24, 2.45) is 0 Å². The van der Waals surface area contributed by atoms with E-state index in [-0.39, 0.29) is 6.10 Å². The lowest BCUT2D eigenvalue weighted by molar-refractivity contribution is 0.207. The molecule has 0 saturated heterocycles. The van der Waals surface area contributed by atoms with Gasteiger partial charge in [0, 0.05) is 12.6 Å². The second-order valence-electron chi connectivity index (χ2n) is 5.54. The third-order valence-electron chi connectivity index (χ3n) is 3.55. The average molecular weight is 263 g/mol. The van der Waals surface area contributed by atoms with Gasteiger partial charge in [-0.1, -0.05) is 45.9 Å². The first kappa shape index (κ1) is 16.0. The molecule has 0 amide bonds. The number of para-hydroxylation sites is 1. The average Bonchev–Trinajstić information content (AvgIpc) is 2.40. The molecule has 0 fully saturated rings. The van der Waals surface area contributed by atoms with Gasteiger partial charge in [0.05, 0.1) is 0 Å². The van der Waals surface area contributed by atoms with Gasteiger partial charge < -0.3 is 10.1 Å². The van der Waals surface area contributed by atoms with Crippen LogP contribution in [-0.2, 0) is 0 Å². The highest BCUT2D eigenvalue weighted by molar-refractivity contribution is 5.35. The SMILES string of the molecule is CCC(CC)NCC(C)Oc1ccccc1C(C)C. The van der Waals surface area contributed by atoms with Gasteiger partial charge in [-0.05, 0) is 37.3 Å². The Hall–Kier alpha value is -1.02. The maximum atomic E-state index is 6.08. The highest BCUT2D eigenvalue weighted by atomic mass is 16.5. The normalized spacial score (nSPS) is 13.0. The van der Waals surface area contributed by atoms with Crippen LogP contribution in [0.15, 0.2) is 24.3 Å². The van der Waals surface area contributed by atoms with Gasteiger partial charge in [0.1, 0.15) is 11.9 Å². The zero-order valence-corrected chi connectivity index (χ0v) is 13.1. The van der Waals surface area contributed by atoms with Crippen LogP contribution in [0.25, 0.3) is 0 Å². The van der Waals surface area contributed by atoms with Gasteiger partial charge in [-0.2, -0.15) is 0 Å². The number of benzene rings is 1. The molecule has 1 atom stereocenters. The summed E-state index contributed by atoms with van der Waals surface area (Å²) in [6.45, 7) is 11.9. The van der Waals surface area contributed by atoms with Crippen molar-refractivity contribution < 1.29 is 4.74 Å². The molecule has 0 saturated carbocycles. The lowest BCUT2D eigenvalue weighted by Crippen LogP contribution is -2.36. The summed E-state index contributed by atoms with van der Waals surface area (Å²) in [6, 6.07) is 8.95. The van der Waals surface area contributed by atoms with Crippen LogP contribution in [0.5, 0.6) is 5.75 Å². The molecule has 0 spiro atoms. The first-order chi connectivity index (χ1) is 9.08. The Bertz CT molecular complexity index is 358. The minimum Gasteiger partial charge on any atom is -0.489 e. The Morgan fingerprint density at radius 2 is 1.68 bits per heavy atom. The predicted octanol–water partition coefficient (Wildman–Crippen LogP) is 4.36. The van der Waals surface area contributed by atoms with Crippen molar-refractivity contribution in [3.8, 4) is 5.75 Å². The molecule has 0 aliphatic heterocycles. The molecule has 19 heavy (non-hydrogen) atoms. The van der Waals surface area contributed by atoms with Gasteiger partial charge >= 0.3 is 0 Å². The molecule has 1 unspecified atom stereocenters. The van der Waals surface area contributed by atoms with Crippen molar-refractivity contribution in [1.29, 1.82) is 0 Å². The molecule has 0 radical (unpaired) electrons. The molecule has 2 heteroatoms. The zero-order chi connectivity index (χ0) is 14.3. The van der Waals surface area contributed by atoms with Crippen molar-refractivity contribution in [3.05, 3.63) is 29.8 Å². The van der Waals surface area contributed by atoms with Crippen LogP contribution in [0.1, 0.15) is 58.9 Å². The quantitative estimate of drug-likeness (QED) is 0.752. The van der Waals surface area contributed by atoms with Gasteiger partial charge in [0.25, 0.3) is 0 Å². The summed E-state index contributed by atoms with van der Waals surface area (Å²) in [5.41, 5.74) is 1.29. The maximum absolute atomic E-state index is 6.08. The number of hydrogen-bond acceptors (Lipinski definition) is 2. The van der Waals surface area contributed by atoms with E-state index < -0.39 is 0 Å². The van der Waals surface area contributed by atoms with Crippen LogP contribution in [0.2, 0.25) is 0 Å². The monoisotopic (exact) mass is 263 g/mol. The Balaban J connectivity index is 2.54. The third kappa shape index (κ3) is 5.23. The van der Waals surface area contributed by atoms with Crippen molar-refractivity contribution in [2.75, 3.05) is 6.54 Å². The van der Waals surface area contributed by atoms with Crippen LogP contribution in [0.4, 0.5) is 0 Å². The van der Waals surface area contributed by atoms with E-state index in [4.69, 9.17) is 4.74 Å². The number of rotatable bonds is 8. The van der Waals surface area contributed by atoms with E-state index in [2.05, 4.69) is 58.1 Å². The van der Waals surface area contributed by atoms with Crippen molar-refractivity contribution in [2.45, 2.75) is 65.5 Å². The zero-order valence-electron chi connectivity index (χ0n) is 13.1. The van der Waals surface area contributed by atoms with Crippen LogP contribution in [-0.4, -0.2) is 18.7 Å². The minimum atomic E-state index is 0.195. The van der Waals surface area contributed by atoms with E-state index in [1.165, 1.54) is 18.4 Å². The van der Waals surface area contributed by atoms with E-state index in [1.54, 1.807) is 0 Å². The van der Waals surface area contributed by atoms with Crippen LogP contribution in [0, 0.1) is 0 Å². The molecule has 2 nitrogen and oxygen atoms in total. The predicted molar refractivity (Wildman–Crippen MR) is 83.0 cm³/mol. The molecule has 1 aromatic rings. The van der Waals surface area contributed by atoms with E-state index in [0.29, 0.717) is 12.0 Å². The second-order valence-corrected chi connectivity index (χ2v) is 5.54. The summed E-state index contributed by atoms with van der Waals surface area (Å²) in [5.74, 6) is 1.52. The van der Waals surface area contributed by atoms with Crippen LogP contribution >= 0.6 is 0 Å². The summed E-state index contributed by atoms with van der Waals surface area (Å²) < 4.78 is 6.08. The largest absolute Gasteiger partial charge is 0.489 e. The summed E-state index contributed by atoms with van der Waals surface area (Å²) in [6.07, 6.45) is 2.54. The fourth-order valence-electron chi connectivity index (χ4n) is 2.23. The van der Waals surface area contributed by atoms with Gasteiger partial charge in [0.15, 0.2) is 0 Å². The lowest BCUT2D eigenvalue weighted by Gasteiger charge is -2.22. The highest BCUT2D eigenvalue weighted by Gasteiger charge is 2.11. The summed E-state index contributed by atoms with van der Waals surface area (Å²) in [7, 11) is 0. The van der Waals surface area contributed by atoms with Gasteiger partial charge in [-0.25, -0.2) is 0 Å². The molecule has 1 N–H and O–H groups in total. The van der Waals surface area contributed by atoms with Gasteiger partial charge in [0.2, 0.25) is 0 Å². The topological polar surface area (TPSA) is 21.3 Å². The number of nitrogens with one attached hydrogen (secondary N) is 1. The summed E-state index contributed by atoms with van der Waals surface area (Å²) in [4.78, 5) is 0. The second kappa shape index (κ2) is 8.21. The summed E-state index contributed by atoms with van der Waals surface area (Å²) >= 11 is 0. The Labute approximate surface area is 118 Å². The molecular formula is C17H29NO. The van der Waals surface area contributed by atoms with Gasteiger partial charge in [-0.3, -0.25) is 0 Å². The molecule has 1 rings (SSSR count). The Morgan fingerprint density at radius 3 is 2.26 bits per heavy atom.